The number of hydrogen-bond acceptors (Lipinski definition) is 3. The first-order valence-electron chi connectivity index (χ1n) is 6.21. The average Bonchev–Trinajstić information content (AvgIpc) is 2.87. The molecule has 2 heterocycles. The highest BCUT2D eigenvalue weighted by Gasteiger charge is 2.37. The molecule has 1 aromatic carbocycles. The summed E-state index contributed by atoms with van der Waals surface area (Å²) < 4.78 is 0.780. The first kappa shape index (κ1) is 12.0. The molecule has 2 fully saturated rings. The molecular formula is C13H16BrN3O. The van der Waals surface area contributed by atoms with E-state index in [0.29, 0.717) is 17.4 Å². The van der Waals surface area contributed by atoms with E-state index in [2.05, 4.69) is 26.1 Å². The Morgan fingerprint density at radius 2 is 2.00 bits per heavy atom. The lowest BCUT2D eigenvalue weighted by Crippen LogP contribution is -2.28. The van der Waals surface area contributed by atoms with Gasteiger partial charge in [0.15, 0.2) is 0 Å². The molecule has 0 spiro atoms. The highest BCUT2D eigenvalue weighted by molar-refractivity contribution is 9.10. The number of hydrogen-bond donors (Lipinski definition) is 2. The Morgan fingerprint density at radius 3 is 2.61 bits per heavy atom. The number of primary amides is 1. The summed E-state index contributed by atoms with van der Waals surface area (Å²) in [4.78, 5) is 13.9. The molecule has 5 heteroatoms. The Hall–Kier alpha value is -1.07. The van der Waals surface area contributed by atoms with Crippen LogP contribution in [0.1, 0.15) is 10.4 Å². The van der Waals surface area contributed by atoms with Gasteiger partial charge in [-0.15, -0.1) is 0 Å². The second-order valence-corrected chi connectivity index (χ2v) is 5.94. The highest BCUT2D eigenvalue weighted by Crippen LogP contribution is 2.34. The van der Waals surface area contributed by atoms with Gasteiger partial charge >= 0.3 is 0 Å². The van der Waals surface area contributed by atoms with E-state index in [4.69, 9.17) is 5.73 Å². The zero-order chi connectivity index (χ0) is 12.7. The van der Waals surface area contributed by atoms with Gasteiger partial charge in [-0.2, -0.15) is 0 Å². The molecule has 2 atom stereocenters. The Balaban J connectivity index is 1.93. The largest absolute Gasteiger partial charge is 0.370 e. The maximum atomic E-state index is 11.6. The van der Waals surface area contributed by atoms with Crippen LogP contribution < -0.4 is 16.0 Å². The lowest BCUT2D eigenvalue weighted by molar-refractivity contribution is 0.1000. The quantitative estimate of drug-likeness (QED) is 0.863. The van der Waals surface area contributed by atoms with Crippen molar-refractivity contribution in [1.29, 1.82) is 0 Å². The molecule has 4 nitrogen and oxygen atoms in total. The molecule has 2 aliphatic heterocycles. The Morgan fingerprint density at radius 1 is 1.33 bits per heavy atom. The van der Waals surface area contributed by atoms with Crippen LogP contribution in [0, 0.1) is 11.8 Å². The molecule has 0 bridgehead atoms. The van der Waals surface area contributed by atoms with Crippen LogP contribution in [0.25, 0.3) is 0 Å². The maximum absolute atomic E-state index is 11.6. The first-order chi connectivity index (χ1) is 8.66. The summed E-state index contributed by atoms with van der Waals surface area (Å²) in [5, 5.41) is 3.42. The predicted molar refractivity (Wildman–Crippen MR) is 74.7 cm³/mol. The van der Waals surface area contributed by atoms with Gasteiger partial charge in [-0.3, -0.25) is 4.79 Å². The zero-order valence-corrected chi connectivity index (χ0v) is 11.6. The number of anilines is 1. The van der Waals surface area contributed by atoms with Crippen molar-refractivity contribution in [2.75, 3.05) is 31.1 Å². The number of carbonyl (C=O) groups is 1. The first-order valence-corrected chi connectivity index (χ1v) is 7.00. The Labute approximate surface area is 115 Å². The normalized spacial score (nSPS) is 26.4. The molecule has 0 aliphatic carbocycles. The topological polar surface area (TPSA) is 58.4 Å². The molecular weight excluding hydrogens is 294 g/mol. The molecule has 2 unspecified atom stereocenters. The summed E-state index contributed by atoms with van der Waals surface area (Å²) in [5.74, 6) is 1.03. The predicted octanol–water partition coefficient (Wildman–Crippen LogP) is 1.20. The van der Waals surface area contributed by atoms with Crippen molar-refractivity contribution in [3.8, 4) is 0 Å². The molecule has 0 radical (unpaired) electrons. The summed E-state index contributed by atoms with van der Waals surface area (Å²) in [6, 6.07) is 5.81. The van der Waals surface area contributed by atoms with Crippen LogP contribution in [0.5, 0.6) is 0 Å². The average molecular weight is 310 g/mol. The summed E-state index contributed by atoms with van der Waals surface area (Å²) in [7, 11) is 0. The molecule has 0 saturated carbocycles. The van der Waals surface area contributed by atoms with E-state index >= 15 is 0 Å². The summed E-state index contributed by atoms with van der Waals surface area (Å²) in [5.41, 5.74) is 7.06. The number of fused-ring (bicyclic) bond motifs is 1. The van der Waals surface area contributed by atoms with Gasteiger partial charge in [0.25, 0.3) is 5.91 Å². The van der Waals surface area contributed by atoms with Crippen molar-refractivity contribution in [2.24, 2.45) is 17.6 Å². The number of nitrogens with zero attached hydrogens (tertiary/aromatic N) is 1. The van der Waals surface area contributed by atoms with Crippen LogP contribution in [0.2, 0.25) is 0 Å². The van der Waals surface area contributed by atoms with Crippen LogP contribution in [-0.2, 0) is 0 Å². The van der Waals surface area contributed by atoms with Gasteiger partial charge in [-0.1, -0.05) is 6.07 Å². The number of nitrogens with two attached hydrogens (primary N) is 1. The van der Waals surface area contributed by atoms with E-state index in [1.165, 1.54) is 0 Å². The molecule has 2 saturated heterocycles. The van der Waals surface area contributed by atoms with E-state index in [1.807, 2.05) is 18.2 Å². The second-order valence-electron chi connectivity index (χ2n) is 5.08. The lowest BCUT2D eigenvalue weighted by atomic mass is 10.0. The monoisotopic (exact) mass is 309 g/mol. The van der Waals surface area contributed by atoms with Gasteiger partial charge < -0.3 is 16.0 Å². The van der Waals surface area contributed by atoms with Gasteiger partial charge in [0.2, 0.25) is 0 Å². The Kier molecular flexibility index (Phi) is 3.03. The van der Waals surface area contributed by atoms with Gasteiger partial charge in [-0.05, 0) is 39.9 Å². The maximum Gasteiger partial charge on any atom is 0.251 e. The van der Waals surface area contributed by atoms with Gasteiger partial charge in [0.1, 0.15) is 0 Å². The fourth-order valence-electron chi connectivity index (χ4n) is 3.07. The smallest absolute Gasteiger partial charge is 0.251 e. The van der Waals surface area contributed by atoms with Crippen molar-refractivity contribution >= 4 is 27.5 Å². The van der Waals surface area contributed by atoms with Crippen LogP contribution >= 0.6 is 15.9 Å². The molecule has 3 N–H and O–H groups in total. The standard InChI is InChI=1S/C13H16BrN3O/c14-10-2-1-3-11(12(10)13(15)18)17-6-8-4-16-5-9(8)7-17/h1-3,8-9,16H,4-7H2,(H2,15,18). The number of amides is 1. The fourth-order valence-corrected chi connectivity index (χ4v) is 3.62. The summed E-state index contributed by atoms with van der Waals surface area (Å²) >= 11 is 3.42. The number of benzene rings is 1. The number of halogens is 1. The fraction of sp³-hybridized carbons (Fsp3) is 0.462. The van der Waals surface area contributed by atoms with Gasteiger partial charge in [-0.25, -0.2) is 0 Å². The molecule has 1 aromatic rings. The molecule has 18 heavy (non-hydrogen) atoms. The summed E-state index contributed by atoms with van der Waals surface area (Å²) in [6.07, 6.45) is 0. The highest BCUT2D eigenvalue weighted by atomic mass is 79.9. The van der Waals surface area contributed by atoms with E-state index in [1.54, 1.807) is 0 Å². The molecule has 0 aromatic heterocycles. The number of nitrogens with one attached hydrogen (secondary N) is 1. The van der Waals surface area contributed by atoms with E-state index in [-0.39, 0.29) is 5.91 Å². The minimum absolute atomic E-state index is 0.368. The van der Waals surface area contributed by atoms with Crippen molar-refractivity contribution in [1.82, 2.24) is 5.32 Å². The Bertz CT molecular complexity index is 479. The van der Waals surface area contributed by atoms with Crippen LogP contribution in [0.4, 0.5) is 5.69 Å². The molecule has 2 aliphatic rings. The van der Waals surface area contributed by atoms with Crippen LogP contribution in [0.3, 0.4) is 0 Å². The van der Waals surface area contributed by atoms with Crippen molar-refractivity contribution in [3.63, 3.8) is 0 Å². The van der Waals surface area contributed by atoms with Crippen molar-refractivity contribution in [2.45, 2.75) is 0 Å². The van der Waals surface area contributed by atoms with Gasteiger partial charge in [0.05, 0.1) is 11.3 Å². The zero-order valence-electron chi connectivity index (χ0n) is 10.0. The SMILES string of the molecule is NC(=O)c1c(Br)cccc1N1CC2CNCC2C1. The minimum Gasteiger partial charge on any atom is -0.370 e. The third kappa shape index (κ3) is 1.91. The van der Waals surface area contributed by atoms with Gasteiger partial charge in [0, 0.05) is 30.7 Å². The molecule has 3 rings (SSSR count). The lowest BCUT2D eigenvalue weighted by Gasteiger charge is -2.22. The molecule has 1 amide bonds. The summed E-state index contributed by atoms with van der Waals surface area (Å²) in [6.45, 7) is 4.19. The van der Waals surface area contributed by atoms with Crippen LogP contribution in [0.15, 0.2) is 22.7 Å². The van der Waals surface area contributed by atoms with E-state index in [9.17, 15) is 4.79 Å². The number of rotatable bonds is 2. The molecule has 96 valence electrons. The van der Waals surface area contributed by atoms with E-state index in [0.717, 1.165) is 36.3 Å². The van der Waals surface area contributed by atoms with Crippen molar-refractivity contribution < 1.29 is 4.79 Å². The second kappa shape index (κ2) is 4.55. The number of carbonyl (C=O) groups excluding carboxylic acids is 1. The third-order valence-corrected chi connectivity index (χ3v) is 4.63. The van der Waals surface area contributed by atoms with E-state index < -0.39 is 0 Å². The van der Waals surface area contributed by atoms with Crippen molar-refractivity contribution in [3.05, 3.63) is 28.2 Å². The van der Waals surface area contributed by atoms with Crippen LogP contribution in [-0.4, -0.2) is 32.1 Å². The third-order valence-electron chi connectivity index (χ3n) is 3.97. The minimum atomic E-state index is -0.368.